The third-order valence-corrected chi connectivity index (χ3v) is 4.90. The van der Waals surface area contributed by atoms with Crippen molar-refractivity contribution >= 4 is 35.6 Å². The number of nitrogens with zero attached hydrogens (tertiary/aromatic N) is 3. The highest BCUT2D eigenvalue weighted by atomic mass is 127. The molecule has 1 aliphatic rings. The minimum atomic E-state index is 0. The van der Waals surface area contributed by atoms with Crippen molar-refractivity contribution in [3.63, 3.8) is 0 Å². The number of guanidine groups is 1. The van der Waals surface area contributed by atoms with E-state index in [4.69, 9.17) is 0 Å². The molecular weight excluding hydrogens is 437 g/mol. The molecule has 1 saturated heterocycles. The first-order chi connectivity index (χ1) is 12.1. The molecule has 1 unspecified atom stereocenters. The fraction of sp³-hybridized carbons (Fsp3) is 0.650. The average Bonchev–Trinajstić information content (AvgIpc) is 2.64. The van der Waals surface area contributed by atoms with Crippen molar-refractivity contribution in [2.75, 3.05) is 51.2 Å². The van der Waals surface area contributed by atoms with E-state index in [1.165, 1.54) is 11.3 Å². The van der Waals surface area contributed by atoms with E-state index in [0.717, 1.165) is 58.1 Å². The van der Waals surface area contributed by atoms with Crippen molar-refractivity contribution < 1.29 is 0 Å². The van der Waals surface area contributed by atoms with Gasteiger partial charge in [0.25, 0.3) is 0 Å². The Morgan fingerprint density at radius 3 is 2.58 bits per heavy atom. The zero-order valence-corrected chi connectivity index (χ0v) is 19.1. The lowest BCUT2D eigenvalue weighted by Gasteiger charge is -2.36. The number of rotatable bonds is 7. The van der Waals surface area contributed by atoms with Crippen LogP contribution in [0.25, 0.3) is 0 Å². The minimum Gasteiger partial charge on any atom is -0.369 e. The van der Waals surface area contributed by atoms with E-state index in [0.29, 0.717) is 6.04 Å². The van der Waals surface area contributed by atoms with Gasteiger partial charge >= 0.3 is 0 Å². The van der Waals surface area contributed by atoms with E-state index in [9.17, 15) is 0 Å². The molecule has 6 heteroatoms. The van der Waals surface area contributed by atoms with Gasteiger partial charge in [-0.2, -0.15) is 0 Å². The summed E-state index contributed by atoms with van der Waals surface area (Å²) in [5.74, 6) is 0.915. The van der Waals surface area contributed by atoms with Crippen LogP contribution in [0, 0.1) is 6.92 Å². The molecule has 0 bridgehead atoms. The molecule has 26 heavy (non-hydrogen) atoms. The highest BCUT2D eigenvalue weighted by Gasteiger charge is 2.16. The number of aliphatic imine (C=N–C) groups is 1. The molecular formula is C20H36IN5. The van der Waals surface area contributed by atoms with E-state index in [1.54, 1.807) is 0 Å². The molecule has 0 amide bonds. The summed E-state index contributed by atoms with van der Waals surface area (Å²) in [6, 6.07) is 9.29. The molecule has 2 N–H and O–H groups in total. The maximum Gasteiger partial charge on any atom is 0.191 e. The van der Waals surface area contributed by atoms with Crippen LogP contribution < -0.4 is 15.5 Å². The van der Waals surface area contributed by atoms with Crippen LogP contribution in [0.4, 0.5) is 5.69 Å². The van der Waals surface area contributed by atoms with E-state index < -0.39 is 0 Å². The highest BCUT2D eigenvalue weighted by Crippen LogP contribution is 2.17. The van der Waals surface area contributed by atoms with Gasteiger partial charge < -0.3 is 15.5 Å². The fourth-order valence-electron chi connectivity index (χ4n) is 3.09. The summed E-state index contributed by atoms with van der Waals surface area (Å²) in [4.78, 5) is 9.35. The van der Waals surface area contributed by atoms with Crippen LogP contribution in [0.2, 0.25) is 0 Å². The zero-order valence-electron chi connectivity index (χ0n) is 16.8. The quantitative estimate of drug-likeness (QED) is 0.277. The van der Waals surface area contributed by atoms with Gasteiger partial charge in [0.2, 0.25) is 0 Å². The molecule has 1 fully saturated rings. The first kappa shape index (κ1) is 23.0. The van der Waals surface area contributed by atoms with Gasteiger partial charge in [0, 0.05) is 51.5 Å². The third kappa shape index (κ3) is 7.70. The van der Waals surface area contributed by atoms with E-state index in [2.05, 4.69) is 70.5 Å². The first-order valence-electron chi connectivity index (χ1n) is 9.63. The lowest BCUT2D eigenvalue weighted by molar-refractivity contribution is 0.255. The second-order valence-electron chi connectivity index (χ2n) is 6.97. The lowest BCUT2D eigenvalue weighted by Crippen LogP contribution is -2.47. The van der Waals surface area contributed by atoms with Gasteiger partial charge in [-0.05, 0) is 50.9 Å². The molecule has 1 aliphatic heterocycles. The fourth-order valence-corrected chi connectivity index (χ4v) is 3.09. The SMILES string of the molecule is CCC(C)NC(=NC)NCCCN1CCN(c2cccc(C)c2)CC1.I. The zero-order chi connectivity index (χ0) is 18.1. The number of aryl methyl sites for hydroxylation is 1. The predicted molar refractivity (Wildman–Crippen MR) is 124 cm³/mol. The molecule has 1 heterocycles. The van der Waals surface area contributed by atoms with Crippen molar-refractivity contribution in [2.24, 2.45) is 4.99 Å². The number of hydrogen-bond acceptors (Lipinski definition) is 3. The Kier molecular flexibility index (Phi) is 11.0. The van der Waals surface area contributed by atoms with Crippen molar-refractivity contribution in [1.82, 2.24) is 15.5 Å². The average molecular weight is 473 g/mol. The minimum absolute atomic E-state index is 0. The monoisotopic (exact) mass is 473 g/mol. The molecule has 0 spiro atoms. The Bertz CT molecular complexity index is 541. The highest BCUT2D eigenvalue weighted by molar-refractivity contribution is 14.0. The number of piperazine rings is 1. The van der Waals surface area contributed by atoms with Gasteiger partial charge in [-0.15, -0.1) is 24.0 Å². The van der Waals surface area contributed by atoms with Gasteiger partial charge in [0.1, 0.15) is 0 Å². The van der Waals surface area contributed by atoms with E-state index in [-0.39, 0.29) is 24.0 Å². The molecule has 2 rings (SSSR count). The molecule has 1 aromatic carbocycles. The van der Waals surface area contributed by atoms with Gasteiger partial charge in [-0.25, -0.2) is 0 Å². The van der Waals surface area contributed by atoms with Crippen LogP contribution in [0.3, 0.4) is 0 Å². The van der Waals surface area contributed by atoms with Gasteiger partial charge in [-0.3, -0.25) is 9.89 Å². The van der Waals surface area contributed by atoms with Gasteiger partial charge in [0.15, 0.2) is 5.96 Å². The molecule has 148 valence electrons. The normalized spacial score (nSPS) is 16.8. The summed E-state index contributed by atoms with van der Waals surface area (Å²) < 4.78 is 0. The van der Waals surface area contributed by atoms with Crippen LogP contribution in [0.1, 0.15) is 32.3 Å². The van der Waals surface area contributed by atoms with Crippen LogP contribution in [-0.4, -0.2) is 63.2 Å². The molecule has 5 nitrogen and oxygen atoms in total. The number of anilines is 1. The van der Waals surface area contributed by atoms with Gasteiger partial charge in [0.05, 0.1) is 0 Å². The Hall–Kier alpha value is -1.02. The molecule has 1 aromatic rings. The standard InChI is InChI=1S/C20H35N5.HI/c1-5-18(3)23-20(21-4)22-10-7-11-24-12-14-25(15-13-24)19-9-6-8-17(2)16-19;/h6,8-9,16,18H,5,7,10-15H2,1-4H3,(H2,21,22,23);1H. The summed E-state index contributed by atoms with van der Waals surface area (Å²) in [7, 11) is 1.84. The van der Waals surface area contributed by atoms with Crippen molar-refractivity contribution in [1.29, 1.82) is 0 Å². The van der Waals surface area contributed by atoms with Crippen molar-refractivity contribution in [2.45, 2.75) is 39.7 Å². The van der Waals surface area contributed by atoms with E-state index >= 15 is 0 Å². The van der Waals surface area contributed by atoms with E-state index in [1.807, 2.05) is 7.05 Å². The Labute approximate surface area is 176 Å². The Balaban J connectivity index is 0.00000338. The van der Waals surface area contributed by atoms with Crippen LogP contribution in [0.15, 0.2) is 29.3 Å². The second kappa shape index (κ2) is 12.4. The number of halogens is 1. The summed E-state index contributed by atoms with van der Waals surface area (Å²) in [5, 5.41) is 6.82. The second-order valence-corrected chi connectivity index (χ2v) is 6.97. The van der Waals surface area contributed by atoms with Crippen molar-refractivity contribution in [3.8, 4) is 0 Å². The largest absolute Gasteiger partial charge is 0.369 e. The molecule has 0 aliphatic carbocycles. The molecule has 0 saturated carbocycles. The summed E-state index contributed by atoms with van der Waals surface area (Å²) in [5.41, 5.74) is 2.70. The number of nitrogens with one attached hydrogen (secondary N) is 2. The number of benzene rings is 1. The summed E-state index contributed by atoms with van der Waals surface area (Å²) >= 11 is 0. The maximum absolute atomic E-state index is 4.29. The summed E-state index contributed by atoms with van der Waals surface area (Å²) in [6.45, 7) is 13.2. The summed E-state index contributed by atoms with van der Waals surface area (Å²) in [6.07, 6.45) is 2.25. The first-order valence-corrected chi connectivity index (χ1v) is 9.63. The lowest BCUT2D eigenvalue weighted by atomic mass is 10.2. The number of hydrogen-bond donors (Lipinski definition) is 2. The Morgan fingerprint density at radius 2 is 1.96 bits per heavy atom. The van der Waals surface area contributed by atoms with Gasteiger partial charge in [-0.1, -0.05) is 19.1 Å². The Morgan fingerprint density at radius 1 is 1.23 bits per heavy atom. The third-order valence-electron chi connectivity index (χ3n) is 4.90. The molecule has 0 aromatic heterocycles. The smallest absolute Gasteiger partial charge is 0.191 e. The van der Waals surface area contributed by atoms with Crippen LogP contribution >= 0.6 is 24.0 Å². The predicted octanol–water partition coefficient (Wildman–Crippen LogP) is 3.09. The van der Waals surface area contributed by atoms with Crippen molar-refractivity contribution in [3.05, 3.63) is 29.8 Å². The van der Waals surface area contributed by atoms with Crippen LogP contribution in [-0.2, 0) is 0 Å². The maximum atomic E-state index is 4.29. The van der Waals surface area contributed by atoms with Crippen LogP contribution in [0.5, 0.6) is 0 Å². The molecule has 1 atom stereocenters. The molecule has 0 radical (unpaired) electrons. The topological polar surface area (TPSA) is 42.9 Å².